The fourth-order valence-corrected chi connectivity index (χ4v) is 8.93. The molecule has 0 N–H and O–H groups in total. The molecule has 0 saturated heterocycles. The van der Waals surface area contributed by atoms with E-state index >= 15 is 0 Å². The maximum absolute atomic E-state index is 5.34. The van der Waals surface area contributed by atoms with Gasteiger partial charge in [0.15, 0.2) is 11.6 Å². The highest BCUT2D eigenvalue weighted by Gasteiger charge is 2.35. The number of aromatic nitrogens is 4. The van der Waals surface area contributed by atoms with Crippen LogP contribution in [0.3, 0.4) is 0 Å². The Balaban J connectivity index is 1.30. The molecule has 254 valence electrons. The van der Waals surface area contributed by atoms with Crippen LogP contribution in [0, 0.1) is 0 Å². The SMILES string of the molecule is CC1(C)c2ccccc2-c2ccc(-c3cccc4c5c6ccccc6c6ccccc6c5n(-c5nc(-c6ccccc6)nc(-c6ccccc6)n5)c34)cc21. The Bertz CT molecular complexity index is 3060. The van der Waals surface area contributed by atoms with Crippen LogP contribution >= 0.6 is 0 Å². The van der Waals surface area contributed by atoms with E-state index < -0.39 is 0 Å². The standard InChI is InChI=1S/C50H34N4/c1-50(2)42-27-14-13-22-37(42)38-29-28-33(30-43(38)50)34-25-15-26-41-44-39-23-11-9-20-35(39)36-21-10-12-24-40(36)46(44)54(45(34)41)49-52-47(31-16-5-3-6-17-31)51-48(53-49)32-18-7-4-8-19-32/h3-30H,1-2H3. The van der Waals surface area contributed by atoms with E-state index in [0.717, 1.165) is 38.5 Å². The molecule has 54 heavy (non-hydrogen) atoms. The van der Waals surface area contributed by atoms with Crippen LogP contribution in [-0.2, 0) is 5.41 Å². The van der Waals surface area contributed by atoms with Gasteiger partial charge < -0.3 is 0 Å². The van der Waals surface area contributed by atoms with Gasteiger partial charge in [-0.15, -0.1) is 0 Å². The van der Waals surface area contributed by atoms with E-state index in [1.807, 2.05) is 36.4 Å². The zero-order chi connectivity index (χ0) is 36.0. The molecule has 8 aromatic carbocycles. The summed E-state index contributed by atoms with van der Waals surface area (Å²) in [5.41, 5.74) is 11.6. The lowest BCUT2D eigenvalue weighted by Gasteiger charge is -2.22. The monoisotopic (exact) mass is 690 g/mol. The van der Waals surface area contributed by atoms with Crippen molar-refractivity contribution < 1.29 is 0 Å². The third kappa shape index (κ3) is 4.40. The first kappa shape index (κ1) is 30.7. The Morgan fingerprint density at radius 3 is 1.63 bits per heavy atom. The van der Waals surface area contributed by atoms with Crippen LogP contribution < -0.4 is 0 Å². The topological polar surface area (TPSA) is 43.6 Å². The Hall–Kier alpha value is -6.91. The molecule has 4 heteroatoms. The molecule has 0 fully saturated rings. The molecule has 2 aromatic heterocycles. The van der Waals surface area contributed by atoms with Crippen molar-refractivity contribution in [2.75, 3.05) is 0 Å². The molecule has 1 aliphatic rings. The van der Waals surface area contributed by atoms with Crippen molar-refractivity contribution >= 4 is 43.4 Å². The van der Waals surface area contributed by atoms with Crippen molar-refractivity contribution in [3.8, 4) is 51.0 Å². The van der Waals surface area contributed by atoms with Gasteiger partial charge in [-0.3, -0.25) is 4.57 Å². The predicted molar refractivity (Wildman–Crippen MR) is 223 cm³/mol. The van der Waals surface area contributed by atoms with Crippen LogP contribution in [0.4, 0.5) is 0 Å². The molecule has 0 saturated carbocycles. The first-order chi connectivity index (χ1) is 26.6. The van der Waals surface area contributed by atoms with Gasteiger partial charge in [-0.25, -0.2) is 4.98 Å². The van der Waals surface area contributed by atoms with Gasteiger partial charge in [0.25, 0.3) is 0 Å². The molecule has 0 atom stereocenters. The summed E-state index contributed by atoms with van der Waals surface area (Å²) < 4.78 is 2.32. The molecule has 1 aliphatic carbocycles. The summed E-state index contributed by atoms with van der Waals surface area (Å²) in [6, 6.07) is 60.6. The average Bonchev–Trinajstić information content (AvgIpc) is 3.71. The second-order valence-electron chi connectivity index (χ2n) is 14.8. The predicted octanol–water partition coefficient (Wildman–Crippen LogP) is 12.6. The zero-order valence-corrected chi connectivity index (χ0v) is 30.0. The van der Waals surface area contributed by atoms with Crippen LogP contribution in [0.25, 0.3) is 94.3 Å². The lowest BCUT2D eigenvalue weighted by atomic mass is 9.81. The minimum atomic E-state index is -0.127. The largest absolute Gasteiger partial charge is 0.277 e. The van der Waals surface area contributed by atoms with Crippen LogP contribution in [0.5, 0.6) is 0 Å². The zero-order valence-electron chi connectivity index (χ0n) is 30.0. The number of hydrogen-bond donors (Lipinski definition) is 0. The Morgan fingerprint density at radius 2 is 0.926 bits per heavy atom. The van der Waals surface area contributed by atoms with Crippen molar-refractivity contribution in [3.05, 3.63) is 181 Å². The normalized spacial score (nSPS) is 13.1. The summed E-state index contributed by atoms with van der Waals surface area (Å²) in [5.74, 6) is 1.85. The van der Waals surface area contributed by atoms with Crippen molar-refractivity contribution in [2.24, 2.45) is 0 Å². The summed E-state index contributed by atoms with van der Waals surface area (Å²) in [6.07, 6.45) is 0. The van der Waals surface area contributed by atoms with E-state index in [9.17, 15) is 0 Å². The van der Waals surface area contributed by atoms with Crippen molar-refractivity contribution in [2.45, 2.75) is 19.3 Å². The van der Waals surface area contributed by atoms with Gasteiger partial charge in [-0.2, -0.15) is 9.97 Å². The van der Waals surface area contributed by atoms with Gasteiger partial charge in [-0.1, -0.05) is 178 Å². The van der Waals surface area contributed by atoms with E-state index in [4.69, 9.17) is 15.0 Å². The molecular formula is C50H34N4. The minimum absolute atomic E-state index is 0.127. The molecule has 0 radical (unpaired) electrons. The van der Waals surface area contributed by atoms with E-state index in [0.29, 0.717) is 17.6 Å². The van der Waals surface area contributed by atoms with E-state index in [-0.39, 0.29) is 5.41 Å². The fraction of sp³-hybridized carbons (Fsp3) is 0.0600. The number of para-hydroxylation sites is 1. The van der Waals surface area contributed by atoms with Crippen LogP contribution in [0.2, 0.25) is 0 Å². The van der Waals surface area contributed by atoms with Crippen molar-refractivity contribution in [1.29, 1.82) is 0 Å². The first-order valence-electron chi connectivity index (χ1n) is 18.5. The smallest absolute Gasteiger partial charge is 0.238 e. The summed E-state index contributed by atoms with van der Waals surface area (Å²) in [5, 5.41) is 7.14. The average molecular weight is 691 g/mol. The highest BCUT2D eigenvalue weighted by Crippen LogP contribution is 2.51. The van der Waals surface area contributed by atoms with Crippen molar-refractivity contribution in [3.63, 3.8) is 0 Å². The van der Waals surface area contributed by atoms with Crippen LogP contribution in [0.15, 0.2) is 170 Å². The van der Waals surface area contributed by atoms with E-state index in [1.165, 1.54) is 49.4 Å². The molecule has 10 aromatic rings. The molecule has 0 aliphatic heterocycles. The lowest BCUT2D eigenvalue weighted by Crippen LogP contribution is -2.14. The second kappa shape index (κ2) is 11.5. The number of nitrogens with zero attached hydrogens (tertiary/aromatic N) is 4. The number of fused-ring (bicyclic) bond motifs is 11. The quantitative estimate of drug-likeness (QED) is 0.173. The summed E-state index contributed by atoms with van der Waals surface area (Å²) >= 11 is 0. The van der Waals surface area contributed by atoms with Crippen LogP contribution in [-0.4, -0.2) is 19.5 Å². The molecule has 0 unspecified atom stereocenters. The summed E-state index contributed by atoms with van der Waals surface area (Å²) in [4.78, 5) is 15.8. The van der Waals surface area contributed by atoms with Gasteiger partial charge in [0, 0.05) is 38.3 Å². The van der Waals surface area contributed by atoms with Gasteiger partial charge in [0.2, 0.25) is 5.95 Å². The lowest BCUT2D eigenvalue weighted by molar-refractivity contribution is 0.660. The number of hydrogen-bond acceptors (Lipinski definition) is 3. The highest BCUT2D eigenvalue weighted by molar-refractivity contribution is 6.33. The Labute approximate surface area is 313 Å². The third-order valence-corrected chi connectivity index (χ3v) is 11.4. The van der Waals surface area contributed by atoms with Crippen molar-refractivity contribution in [1.82, 2.24) is 19.5 Å². The Kier molecular flexibility index (Phi) is 6.56. The molecular weight excluding hydrogens is 657 g/mol. The van der Waals surface area contributed by atoms with Gasteiger partial charge in [0.1, 0.15) is 0 Å². The molecule has 0 amide bonds. The molecule has 4 nitrogen and oxygen atoms in total. The number of benzene rings is 8. The maximum atomic E-state index is 5.34. The van der Waals surface area contributed by atoms with Gasteiger partial charge in [-0.05, 0) is 50.0 Å². The van der Waals surface area contributed by atoms with Gasteiger partial charge in [0.05, 0.1) is 11.0 Å². The molecule has 11 rings (SSSR count). The third-order valence-electron chi connectivity index (χ3n) is 11.4. The molecule has 2 heterocycles. The van der Waals surface area contributed by atoms with E-state index in [1.54, 1.807) is 0 Å². The fourth-order valence-electron chi connectivity index (χ4n) is 8.93. The Morgan fingerprint density at radius 1 is 0.389 bits per heavy atom. The van der Waals surface area contributed by atoms with Crippen LogP contribution in [0.1, 0.15) is 25.0 Å². The van der Waals surface area contributed by atoms with Gasteiger partial charge >= 0.3 is 0 Å². The first-order valence-corrected chi connectivity index (χ1v) is 18.5. The highest BCUT2D eigenvalue weighted by atomic mass is 15.2. The maximum Gasteiger partial charge on any atom is 0.238 e. The molecule has 0 bridgehead atoms. The van der Waals surface area contributed by atoms with E-state index in [2.05, 4.69) is 152 Å². The summed E-state index contributed by atoms with van der Waals surface area (Å²) in [6.45, 7) is 4.69. The molecule has 0 spiro atoms. The number of rotatable bonds is 4. The minimum Gasteiger partial charge on any atom is -0.277 e. The second-order valence-corrected chi connectivity index (χ2v) is 14.8. The summed E-state index contributed by atoms with van der Waals surface area (Å²) in [7, 11) is 0.